The fraction of sp³-hybridized carbons (Fsp3) is 0.231. The molecule has 2 amide bonds. The van der Waals surface area contributed by atoms with Gasteiger partial charge in [0.25, 0.3) is 0 Å². The van der Waals surface area contributed by atoms with Crippen LogP contribution in [-0.4, -0.2) is 58.9 Å². The molecular weight excluding hydrogens is 632 g/mol. The minimum absolute atomic E-state index is 0.152. The highest BCUT2D eigenvalue weighted by Crippen LogP contribution is 2.51. The summed E-state index contributed by atoms with van der Waals surface area (Å²) in [5.41, 5.74) is 5.21. The number of nitrogens with zero attached hydrogens (tertiary/aromatic N) is 1. The zero-order chi connectivity index (χ0) is 34.8. The lowest BCUT2D eigenvalue weighted by molar-refractivity contribution is -0.122. The lowest BCUT2D eigenvalue weighted by atomic mass is 9.58. The Kier molecular flexibility index (Phi) is 9.74. The molecule has 7 rings (SSSR count). The minimum atomic E-state index is -1.75. The molecule has 2 fully saturated rings. The summed E-state index contributed by atoms with van der Waals surface area (Å²) in [5, 5.41) is 40.5. The van der Waals surface area contributed by atoms with E-state index in [2.05, 4.69) is 6.08 Å². The number of ether oxygens (including phenoxy) is 1. The molecule has 3 aliphatic rings. The first-order valence-corrected chi connectivity index (χ1v) is 16.9. The molecule has 4 aromatic carbocycles. The number of hydrogen-bond donors (Lipinski definition) is 4. The number of benzene rings is 4. The summed E-state index contributed by atoms with van der Waals surface area (Å²) in [7, 11) is -2.90. The van der Waals surface area contributed by atoms with Gasteiger partial charge in [0.05, 0.1) is 23.6 Å². The van der Waals surface area contributed by atoms with E-state index >= 15 is 0 Å². The Hall–Kier alpha value is -4.93. The Morgan fingerprint density at radius 2 is 1.62 bits per heavy atom. The number of para-hydroxylation sites is 1. The number of anilines is 1. The van der Waals surface area contributed by atoms with E-state index in [0.717, 1.165) is 32.7 Å². The molecule has 4 atom stereocenters. The predicted molar refractivity (Wildman–Crippen MR) is 192 cm³/mol. The van der Waals surface area contributed by atoms with E-state index in [9.17, 15) is 29.8 Å². The van der Waals surface area contributed by atoms with Crippen LogP contribution in [0.1, 0.15) is 30.4 Å². The number of carbonyl (C=O) groups excluding carboxylic acids is 2. The maximum Gasteiger partial charge on any atom is 0.488 e. The highest BCUT2D eigenvalue weighted by Gasteiger charge is 2.57. The van der Waals surface area contributed by atoms with Crippen LogP contribution in [0.15, 0.2) is 120 Å². The maximum atomic E-state index is 14.2. The van der Waals surface area contributed by atoms with Crippen molar-refractivity contribution in [2.24, 2.45) is 17.8 Å². The van der Waals surface area contributed by atoms with Crippen molar-refractivity contribution in [2.45, 2.75) is 31.7 Å². The molecular formula is C39H37B2NO8. The van der Waals surface area contributed by atoms with E-state index in [0.29, 0.717) is 18.6 Å². The van der Waals surface area contributed by atoms with E-state index in [1.165, 1.54) is 12.1 Å². The van der Waals surface area contributed by atoms with Crippen LogP contribution >= 0.6 is 0 Å². The highest BCUT2D eigenvalue weighted by atomic mass is 16.5. The zero-order valence-corrected chi connectivity index (χ0v) is 27.3. The average Bonchev–Trinajstić information content (AvgIpc) is 3.39. The Labute approximate surface area is 291 Å². The molecule has 0 radical (unpaired) electrons. The lowest BCUT2D eigenvalue weighted by Gasteiger charge is -2.43. The lowest BCUT2D eigenvalue weighted by Crippen LogP contribution is -2.46. The molecule has 252 valence electrons. The SMILES string of the molecule is O=C1[C@@H]2[C@@H](CC(COc3ccccc3)=C3[C@@H](CC/C(=C/c4ccc(O)cc4)c4ccccc4)OB(O)C[C@@H]32)C(=O)N1c1cccc(B(O)O)c1. The Morgan fingerprint density at radius 1 is 0.900 bits per heavy atom. The summed E-state index contributed by atoms with van der Waals surface area (Å²) in [6.07, 6.45) is 3.04. The molecule has 2 heterocycles. The third-order valence-electron chi connectivity index (χ3n) is 9.95. The molecule has 0 saturated carbocycles. The molecule has 0 aromatic heterocycles. The van der Waals surface area contributed by atoms with E-state index in [4.69, 9.17) is 9.39 Å². The molecule has 0 unspecified atom stereocenters. The number of imide groups is 1. The van der Waals surface area contributed by atoms with Crippen LogP contribution in [0.25, 0.3) is 11.6 Å². The van der Waals surface area contributed by atoms with Gasteiger partial charge in [-0.15, -0.1) is 0 Å². The van der Waals surface area contributed by atoms with Crippen molar-refractivity contribution in [3.05, 3.63) is 131 Å². The zero-order valence-electron chi connectivity index (χ0n) is 27.3. The number of fused-ring (bicyclic) bond motifs is 3. The smallest absolute Gasteiger partial charge is 0.488 e. The highest BCUT2D eigenvalue weighted by molar-refractivity contribution is 6.58. The molecule has 2 aliphatic heterocycles. The summed E-state index contributed by atoms with van der Waals surface area (Å²) in [5.74, 6) is -1.74. The monoisotopic (exact) mass is 669 g/mol. The summed E-state index contributed by atoms with van der Waals surface area (Å²) >= 11 is 0. The van der Waals surface area contributed by atoms with Gasteiger partial charge in [-0.3, -0.25) is 14.5 Å². The van der Waals surface area contributed by atoms with Crippen molar-refractivity contribution >= 4 is 48.9 Å². The van der Waals surface area contributed by atoms with Crippen molar-refractivity contribution < 1.29 is 39.2 Å². The number of rotatable bonds is 10. The van der Waals surface area contributed by atoms with Gasteiger partial charge < -0.3 is 29.6 Å². The molecule has 0 spiro atoms. The molecule has 0 bridgehead atoms. The largest absolute Gasteiger partial charge is 0.508 e. The Bertz CT molecular complexity index is 1920. The van der Waals surface area contributed by atoms with Gasteiger partial charge in [-0.25, -0.2) is 0 Å². The fourth-order valence-electron chi connectivity index (χ4n) is 7.67. The number of phenolic OH excluding ortho intramolecular Hbond substituents is 1. The van der Waals surface area contributed by atoms with E-state index in [-0.39, 0.29) is 48.1 Å². The van der Waals surface area contributed by atoms with Crippen molar-refractivity contribution in [3.63, 3.8) is 0 Å². The third-order valence-corrected chi connectivity index (χ3v) is 9.95. The first-order valence-electron chi connectivity index (χ1n) is 16.9. The van der Waals surface area contributed by atoms with E-state index in [1.807, 2.05) is 72.8 Å². The summed E-state index contributed by atoms with van der Waals surface area (Å²) in [4.78, 5) is 29.5. The van der Waals surface area contributed by atoms with Gasteiger partial charge in [0, 0.05) is 0 Å². The molecule has 50 heavy (non-hydrogen) atoms. The molecule has 11 heteroatoms. The van der Waals surface area contributed by atoms with Crippen LogP contribution in [0.4, 0.5) is 5.69 Å². The molecule has 9 nitrogen and oxygen atoms in total. The fourth-order valence-corrected chi connectivity index (χ4v) is 7.67. The van der Waals surface area contributed by atoms with Crippen molar-refractivity contribution in [1.82, 2.24) is 0 Å². The van der Waals surface area contributed by atoms with Crippen LogP contribution in [-0.2, 0) is 14.2 Å². The van der Waals surface area contributed by atoms with Crippen molar-refractivity contribution in [1.29, 1.82) is 0 Å². The van der Waals surface area contributed by atoms with Crippen LogP contribution in [0.3, 0.4) is 0 Å². The predicted octanol–water partition coefficient (Wildman–Crippen LogP) is 4.47. The first kappa shape index (κ1) is 33.6. The minimum Gasteiger partial charge on any atom is -0.508 e. The van der Waals surface area contributed by atoms with Gasteiger partial charge in [-0.05, 0) is 101 Å². The molecule has 4 aromatic rings. The third kappa shape index (κ3) is 6.90. The number of amides is 2. The van der Waals surface area contributed by atoms with Gasteiger partial charge >= 0.3 is 14.2 Å². The van der Waals surface area contributed by atoms with Gasteiger partial charge in [0.2, 0.25) is 11.8 Å². The molecule has 4 N–H and O–H groups in total. The standard InChI is InChI=1S/C39H37B2NO8/c43-31-17-14-25(15-18-31)20-27(26-8-3-1-4-9-26)16-19-35-36-28(24-49-32-12-5-2-6-13-32)21-33-37(34(36)23-40(46)50-35)39(45)42(38(33)44)30-11-7-10-29(22-30)41(47)48/h1-15,17-18,20,22,33-35,37,43,46-48H,16,19,21,23-24H2/b27-20-/t33-,34+,35-,37-/m1/s1. The number of carbonyl (C=O) groups is 2. The van der Waals surface area contributed by atoms with Crippen molar-refractivity contribution in [3.8, 4) is 11.5 Å². The number of hydrogen-bond acceptors (Lipinski definition) is 8. The van der Waals surface area contributed by atoms with Crippen LogP contribution in [0.2, 0.25) is 6.32 Å². The quantitative estimate of drug-likeness (QED) is 0.0841. The summed E-state index contributed by atoms with van der Waals surface area (Å²) in [6, 6.07) is 32.5. The van der Waals surface area contributed by atoms with Gasteiger partial charge in [0.1, 0.15) is 18.1 Å². The van der Waals surface area contributed by atoms with Gasteiger partial charge in [-0.1, -0.05) is 78.9 Å². The second kappa shape index (κ2) is 14.5. The first-order chi connectivity index (χ1) is 24.3. The van der Waals surface area contributed by atoms with Crippen molar-refractivity contribution in [2.75, 3.05) is 11.5 Å². The number of allylic oxidation sites excluding steroid dienone is 1. The summed E-state index contributed by atoms with van der Waals surface area (Å²) < 4.78 is 12.5. The van der Waals surface area contributed by atoms with Crippen LogP contribution in [0, 0.1) is 17.8 Å². The second-order valence-electron chi connectivity index (χ2n) is 13.1. The van der Waals surface area contributed by atoms with Gasteiger partial charge in [0.15, 0.2) is 0 Å². The van der Waals surface area contributed by atoms with Crippen LogP contribution in [0.5, 0.6) is 11.5 Å². The summed E-state index contributed by atoms with van der Waals surface area (Å²) in [6.45, 7) is 0.192. The normalized spacial score (nSPS) is 22.0. The van der Waals surface area contributed by atoms with Gasteiger partial charge in [-0.2, -0.15) is 0 Å². The molecule has 1 aliphatic carbocycles. The number of aromatic hydroxyl groups is 1. The van der Waals surface area contributed by atoms with Crippen LogP contribution < -0.4 is 15.1 Å². The Morgan fingerprint density at radius 3 is 2.34 bits per heavy atom. The topological polar surface area (TPSA) is 137 Å². The average molecular weight is 669 g/mol. The maximum absolute atomic E-state index is 14.2. The molecule has 2 saturated heterocycles. The Balaban J connectivity index is 1.24. The second-order valence-corrected chi connectivity index (χ2v) is 13.1. The number of phenols is 1. The van der Waals surface area contributed by atoms with E-state index in [1.54, 1.807) is 24.3 Å². The van der Waals surface area contributed by atoms with E-state index < -0.39 is 38.1 Å².